The predicted molar refractivity (Wildman–Crippen MR) is 91.0 cm³/mol. The molecule has 5 nitrogen and oxygen atoms in total. The topological polar surface area (TPSA) is 57.4 Å². The molecule has 1 aromatic heterocycles. The molecule has 5 heteroatoms. The first kappa shape index (κ1) is 15.7. The van der Waals surface area contributed by atoms with Gasteiger partial charge in [-0.15, -0.1) is 0 Å². The summed E-state index contributed by atoms with van der Waals surface area (Å²) in [6.07, 6.45) is 6.73. The first-order chi connectivity index (χ1) is 10.7. The van der Waals surface area contributed by atoms with E-state index in [2.05, 4.69) is 39.3 Å². The van der Waals surface area contributed by atoms with Crippen LogP contribution < -0.4 is 16.0 Å². The molecule has 122 valence electrons. The molecule has 22 heavy (non-hydrogen) atoms. The Morgan fingerprint density at radius 3 is 2.50 bits per heavy atom. The number of aromatic nitrogens is 1. The number of piperazine rings is 1. The third kappa shape index (κ3) is 4.18. The Labute approximate surface area is 133 Å². The number of hydrogen-bond donors (Lipinski definition) is 2. The summed E-state index contributed by atoms with van der Waals surface area (Å²) in [6.45, 7) is 5.30. The lowest BCUT2D eigenvalue weighted by molar-refractivity contribution is 0.312. The van der Waals surface area contributed by atoms with Gasteiger partial charge in [-0.2, -0.15) is 0 Å². The van der Waals surface area contributed by atoms with Gasteiger partial charge in [-0.1, -0.05) is 6.07 Å². The van der Waals surface area contributed by atoms with Gasteiger partial charge in [0.05, 0.1) is 0 Å². The maximum Gasteiger partial charge on any atom is 0.128 e. The van der Waals surface area contributed by atoms with Gasteiger partial charge in [0.25, 0.3) is 0 Å². The van der Waals surface area contributed by atoms with Crippen LogP contribution in [0.4, 0.5) is 5.82 Å². The number of rotatable bonds is 4. The molecule has 0 aromatic carbocycles. The summed E-state index contributed by atoms with van der Waals surface area (Å²) in [5, 5.41) is 3.65. The Balaban J connectivity index is 1.47. The summed E-state index contributed by atoms with van der Waals surface area (Å²) < 4.78 is 0. The molecular weight excluding hydrogens is 274 g/mol. The highest BCUT2D eigenvalue weighted by atomic mass is 15.3. The summed E-state index contributed by atoms with van der Waals surface area (Å²) in [7, 11) is 2.18. The van der Waals surface area contributed by atoms with E-state index in [1.165, 1.54) is 18.4 Å². The second kappa shape index (κ2) is 7.40. The van der Waals surface area contributed by atoms with Gasteiger partial charge in [-0.3, -0.25) is 0 Å². The fourth-order valence-corrected chi connectivity index (χ4v) is 3.33. The van der Waals surface area contributed by atoms with Crippen molar-refractivity contribution < 1.29 is 0 Å². The quantitative estimate of drug-likeness (QED) is 0.875. The van der Waals surface area contributed by atoms with Crippen LogP contribution in [0.2, 0.25) is 0 Å². The zero-order valence-electron chi connectivity index (χ0n) is 13.7. The smallest absolute Gasteiger partial charge is 0.128 e. The standard InChI is InChI=1S/C17H29N5/c1-21-8-10-22(11-9-21)17-7-2-14(13-20-17)12-19-16-5-3-15(18)4-6-16/h2,7,13,15-16,19H,3-6,8-12,18H2,1H3. The maximum atomic E-state index is 5.95. The minimum Gasteiger partial charge on any atom is -0.354 e. The molecule has 0 amide bonds. The molecule has 0 spiro atoms. The minimum atomic E-state index is 0.419. The Morgan fingerprint density at radius 2 is 1.86 bits per heavy atom. The molecule has 2 fully saturated rings. The number of likely N-dealkylation sites (N-methyl/N-ethyl adjacent to an activating group) is 1. The molecule has 0 unspecified atom stereocenters. The monoisotopic (exact) mass is 303 g/mol. The van der Waals surface area contributed by atoms with E-state index < -0.39 is 0 Å². The number of pyridine rings is 1. The Kier molecular flexibility index (Phi) is 5.28. The number of nitrogens with one attached hydrogen (secondary N) is 1. The molecule has 3 rings (SSSR count). The fraction of sp³-hybridized carbons (Fsp3) is 0.706. The summed E-state index contributed by atoms with van der Waals surface area (Å²) in [6, 6.07) is 5.42. The van der Waals surface area contributed by atoms with Gasteiger partial charge in [-0.05, 0) is 44.4 Å². The maximum absolute atomic E-state index is 5.95. The van der Waals surface area contributed by atoms with Crippen LogP contribution in [0.3, 0.4) is 0 Å². The second-order valence-electron chi connectivity index (χ2n) is 6.81. The SMILES string of the molecule is CN1CCN(c2ccc(CNC3CCC(N)CC3)cn2)CC1. The lowest BCUT2D eigenvalue weighted by atomic mass is 9.92. The van der Waals surface area contributed by atoms with Crippen LogP contribution in [-0.4, -0.2) is 55.2 Å². The van der Waals surface area contributed by atoms with E-state index in [1.54, 1.807) is 0 Å². The molecule has 1 aliphatic heterocycles. The molecule has 1 aromatic rings. The van der Waals surface area contributed by atoms with E-state index in [0.29, 0.717) is 12.1 Å². The fourth-order valence-electron chi connectivity index (χ4n) is 3.33. The van der Waals surface area contributed by atoms with Crippen LogP contribution in [0.15, 0.2) is 18.3 Å². The van der Waals surface area contributed by atoms with Crippen molar-refractivity contribution in [3.63, 3.8) is 0 Å². The van der Waals surface area contributed by atoms with Gasteiger partial charge in [0.1, 0.15) is 5.82 Å². The lowest BCUT2D eigenvalue weighted by Gasteiger charge is -2.33. The molecule has 2 heterocycles. The van der Waals surface area contributed by atoms with Crippen molar-refractivity contribution in [1.82, 2.24) is 15.2 Å². The van der Waals surface area contributed by atoms with E-state index in [4.69, 9.17) is 5.73 Å². The van der Waals surface area contributed by atoms with Crippen LogP contribution in [-0.2, 0) is 6.54 Å². The number of nitrogens with zero attached hydrogens (tertiary/aromatic N) is 3. The second-order valence-corrected chi connectivity index (χ2v) is 6.81. The first-order valence-corrected chi connectivity index (χ1v) is 8.58. The van der Waals surface area contributed by atoms with E-state index in [-0.39, 0.29) is 0 Å². The normalized spacial score (nSPS) is 27.1. The first-order valence-electron chi connectivity index (χ1n) is 8.58. The van der Waals surface area contributed by atoms with Gasteiger partial charge in [0.15, 0.2) is 0 Å². The summed E-state index contributed by atoms with van der Waals surface area (Å²) in [5.74, 6) is 1.11. The highest BCUT2D eigenvalue weighted by Crippen LogP contribution is 2.18. The molecule has 1 saturated heterocycles. The molecule has 1 saturated carbocycles. The summed E-state index contributed by atoms with van der Waals surface area (Å²) >= 11 is 0. The van der Waals surface area contributed by atoms with Gasteiger partial charge in [-0.25, -0.2) is 4.98 Å². The van der Waals surface area contributed by atoms with Crippen molar-refractivity contribution in [2.24, 2.45) is 5.73 Å². The lowest BCUT2D eigenvalue weighted by Crippen LogP contribution is -2.44. The predicted octanol–water partition coefficient (Wildman–Crippen LogP) is 1.19. The Morgan fingerprint density at radius 1 is 1.14 bits per heavy atom. The van der Waals surface area contributed by atoms with Crippen molar-refractivity contribution in [2.45, 2.75) is 44.3 Å². The van der Waals surface area contributed by atoms with Crippen LogP contribution in [0.5, 0.6) is 0 Å². The third-order valence-corrected chi connectivity index (χ3v) is 5.00. The third-order valence-electron chi connectivity index (χ3n) is 5.00. The van der Waals surface area contributed by atoms with Crippen LogP contribution in [0.25, 0.3) is 0 Å². The molecule has 0 atom stereocenters. The average Bonchev–Trinajstić information content (AvgIpc) is 2.56. The minimum absolute atomic E-state index is 0.419. The molecule has 2 aliphatic rings. The van der Waals surface area contributed by atoms with E-state index in [9.17, 15) is 0 Å². The molecule has 0 bridgehead atoms. The largest absolute Gasteiger partial charge is 0.354 e. The Hall–Kier alpha value is -1.17. The molecule has 0 radical (unpaired) electrons. The van der Waals surface area contributed by atoms with Crippen molar-refractivity contribution in [2.75, 3.05) is 38.1 Å². The molecular formula is C17H29N5. The zero-order valence-corrected chi connectivity index (χ0v) is 13.7. The molecule has 3 N–H and O–H groups in total. The van der Waals surface area contributed by atoms with Gasteiger partial charge in [0.2, 0.25) is 0 Å². The van der Waals surface area contributed by atoms with Gasteiger partial charge in [0, 0.05) is 51.0 Å². The summed E-state index contributed by atoms with van der Waals surface area (Å²) in [5.41, 5.74) is 7.23. The molecule has 1 aliphatic carbocycles. The van der Waals surface area contributed by atoms with Crippen LogP contribution >= 0.6 is 0 Å². The van der Waals surface area contributed by atoms with E-state index in [1.807, 2.05) is 6.20 Å². The van der Waals surface area contributed by atoms with Gasteiger partial charge < -0.3 is 20.9 Å². The average molecular weight is 303 g/mol. The zero-order chi connectivity index (χ0) is 15.4. The Bertz CT molecular complexity index is 445. The number of hydrogen-bond acceptors (Lipinski definition) is 5. The highest BCUT2D eigenvalue weighted by Gasteiger charge is 2.18. The summed E-state index contributed by atoms with van der Waals surface area (Å²) in [4.78, 5) is 9.39. The van der Waals surface area contributed by atoms with Crippen molar-refractivity contribution >= 4 is 5.82 Å². The van der Waals surface area contributed by atoms with Crippen molar-refractivity contribution in [1.29, 1.82) is 0 Å². The van der Waals surface area contributed by atoms with Crippen molar-refractivity contribution in [3.05, 3.63) is 23.9 Å². The number of nitrogens with two attached hydrogens (primary N) is 1. The van der Waals surface area contributed by atoms with E-state index >= 15 is 0 Å². The number of anilines is 1. The highest BCUT2D eigenvalue weighted by molar-refractivity contribution is 5.39. The van der Waals surface area contributed by atoms with Crippen molar-refractivity contribution in [3.8, 4) is 0 Å². The van der Waals surface area contributed by atoms with Crippen LogP contribution in [0.1, 0.15) is 31.2 Å². The van der Waals surface area contributed by atoms with E-state index in [0.717, 1.165) is 51.4 Å². The van der Waals surface area contributed by atoms with Crippen LogP contribution in [0, 0.1) is 0 Å². The van der Waals surface area contributed by atoms with Gasteiger partial charge >= 0.3 is 0 Å².